The first-order valence-corrected chi connectivity index (χ1v) is 5.20. The van der Waals surface area contributed by atoms with Crippen molar-refractivity contribution >= 4 is 27.5 Å². The minimum Gasteiger partial charge on any atom is -0.487 e. The average molecular weight is 264 g/mol. The van der Waals surface area contributed by atoms with Gasteiger partial charge in [0.15, 0.2) is 0 Å². The molecule has 0 fully saturated rings. The number of ether oxygens (including phenoxy) is 1. The van der Waals surface area contributed by atoms with Gasteiger partial charge in [0.25, 0.3) is 0 Å². The van der Waals surface area contributed by atoms with Crippen LogP contribution in [0.15, 0.2) is 22.7 Å². The molecule has 0 aliphatic rings. The molecule has 0 atom stereocenters. The predicted molar refractivity (Wildman–Crippen MR) is 59.5 cm³/mol. The highest BCUT2D eigenvalue weighted by atomic mass is 79.9. The van der Waals surface area contributed by atoms with E-state index >= 15 is 0 Å². The molecule has 0 bridgehead atoms. The largest absolute Gasteiger partial charge is 0.487 e. The summed E-state index contributed by atoms with van der Waals surface area (Å²) in [7, 11) is 0. The van der Waals surface area contributed by atoms with Gasteiger partial charge >= 0.3 is 0 Å². The number of hydrogen-bond acceptors (Lipinski definition) is 1. The van der Waals surface area contributed by atoms with Crippen molar-refractivity contribution in [1.29, 1.82) is 0 Å². The van der Waals surface area contributed by atoms with Gasteiger partial charge in [-0.2, -0.15) is 0 Å². The first-order chi connectivity index (χ1) is 5.88. The van der Waals surface area contributed by atoms with Crippen LogP contribution in [0.4, 0.5) is 0 Å². The van der Waals surface area contributed by atoms with E-state index in [1.807, 2.05) is 39.0 Å². The monoisotopic (exact) mass is 262 g/mol. The maximum Gasteiger partial charge on any atom is 0.138 e. The lowest BCUT2D eigenvalue weighted by Gasteiger charge is -2.21. The number of hydrogen-bond donors (Lipinski definition) is 0. The fraction of sp³-hybridized carbons (Fsp3) is 0.400. The summed E-state index contributed by atoms with van der Waals surface area (Å²) < 4.78 is 6.59. The lowest BCUT2D eigenvalue weighted by Crippen LogP contribution is -2.23. The topological polar surface area (TPSA) is 9.23 Å². The summed E-state index contributed by atoms with van der Waals surface area (Å²) in [5, 5.41) is 0.629. The Labute approximate surface area is 92.2 Å². The predicted octanol–water partition coefficient (Wildman–Crippen LogP) is 4.28. The summed E-state index contributed by atoms with van der Waals surface area (Å²) >= 11 is 9.32. The highest BCUT2D eigenvalue weighted by molar-refractivity contribution is 9.10. The summed E-state index contributed by atoms with van der Waals surface area (Å²) in [6.07, 6.45) is 0. The molecule has 0 aromatic heterocycles. The second kappa shape index (κ2) is 3.89. The lowest BCUT2D eigenvalue weighted by atomic mass is 10.2. The van der Waals surface area contributed by atoms with Gasteiger partial charge in [0.2, 0.25) is 0 Å². The van der Waals surface area contributed by atoms with E-state index in [1.165, 1.54) is 0 Å². The van der Waals surface area contributed by atoms with Crippen molar-refractivity contribution < 1.29 is 4.74 Å². The maximum absolute atomic E-state index is 5.98. The van der Waals surface area contributed by atoms with Gasteiger partial charge in [0.05, 0.1) is 5.02 Å². The highest BCUT2D eigenvalue weighted by Gasteiger charge is 2.13. The number of rotatable bonds is 1. The van der Waals surface area contributed by atoms with Crippen LogP contribution in [0.5, 0.6) is 5.75 Å². The number of halogens is 2. The van der Waals surface area contributed by atoms with Gasteiger partial charge < -0.3 is 4.74 Å². The molecule has 1 nitrogen and oxygen atoms in total. The van der Waals surface area contributed by atoms with E-state index in [0.717, 1.165) is 10.2 Å². The van der Waals surface area contributed by atoms with E-state index in [2.05, 4.69) is 15.9 Å². The molecule has 1 aromatic rings. The molecule has 0 amide bonds. The zero-order valence-corrected chi connectivity index (χ0v) is 10.2. The minimum absolute atomic E-state index is 0.211. The molecule has 0 aliphatic carbocycles. The smallest absolute Gasteiger partial charge is 0.138 e. The molecule has 0 saturated heterocycles. The fourth-order valence-electron chi connectivity index (χ4n) is 0.888. The molecule has 72 valence electrons. The third-order valence-corrected chi connectivity index (χ3v) is 2.10. The molecular formula is C10H12BrClO. The van der Waals surface area contributed by atoms with Crippen molar-refractivity contribution in [2.75, 3.05) is 0 Å². The van der Waals surface area contributed by atoms with Gasteiger partial charge in [-0.15, -0.1) is 0 Å². The van der Waals surface area contributed by atoms with Crippen LogP contribution in [-0.2, 0) is 0 Å². The van der Waals surface area contributed by atoms with E-state index in [9.17, 15) is 0 Å². The highest BCUT2D eigenvalue weighted by Crippen LogP contribution is 2.30. The zero-order chi connectivity index (χ0) is 10.1. The molecule has 1 aromatic carbocycles. The van der Waals surface area contributed by atoms with Crippen LogP contribution in [0, 0.1) is 0 Å². The van der Waals surface area contributed by atoms with Crippen LogP contribution in [0.2, 0.25) is 5.02 Å². The third-order valence-electron chi connectivity index (χ3n) is 1.31. The molecule has 0 spiro atoms. The summed E-state index contributed by atoms with van der Waals surface area (Å²) in [6.45, 7) is 5.97. The zero-order valence-electron chi connectivity index (χ0n) is 7.90. The molecule has 0 radical (unpaired) electrons. The van der Waals surface area contributed by atoms with Crippen LogP contribution in [0.1, 0.15) is 20.8 Å². The molecule has 13 heavy (non-hydrogen) atoms. The summed E-state index contributed by atoms with van der Waals surface area (Å²) in [6, 6.07) is 5.59. The van der Waals surface area contributed by atoms with Crippen LogP contribution >= 0.6 is 27.5 Å². The van der Waals surface area contributed by atoms with Gasteiger partial charge in [0, 0.05) is 4.47 Å². The van der Waals surface area contributed by atoms with Gasteiger partial charge in [0.1, 0.15) is 11.4 Å². The maximum atomic E-state index is 5.98. The summed E-state index contributed by atoms with van der Waals surface area (Å²) in [4.78, 5) is 0. The second-order valence-corrected chi connectivity index (χ2v) is 5.11. The minimum atomic E-state index is -0.211. The van der Waals surface area contributed by atoms with Crippen LogP contribution < -0.4 is 4.74 Å². The standard InChI is InChI=1S/C10H12BrClO/c1-10(2,3)13-9-5-4-7(11)6-8(9)12/h4-6H,1-3H3. The molecule has 0 heterocycles. The van der Waals surface area contributed by atoms with Crippen molar-refractivity contribution in [2.45, 2.75) is 26.4 Å². The molecule has 0 unspecified atom stereocenters. The molecule has 0 aliphatic heterocycles. The quantitative estimate of drug-likeness (QED) is 0.735. The molecule has 0 saturated carbocycles. The van der Waals surface area contributed by atoms with E-state index in [0.29, 0.717) is 5.02 Å². The van der Waals surface area contributed by atoms with E-state index in [-0.39, 0.29) is 5.60 Å². The first-order valence-electron chi connectivity index (χ1n) is 4.02. The van der Waals surface area contributed by atoms with Crippen LogP contribution in [0.3, 0.4) is 0 Å². The molecular weight excluding hydrogens is 251 g/mol. The van der Waals surface area contributed by atoms with Crippen molar-refractivity contribution in [3.63, 3.8) is 0 Å². The van der Waals surface area contributed by atoms with Gasteiger partial charge in [-0.3, -0.25) is 0 Å². The molecule has 0 N–H and O–H groups in total. The van der Waals surface area contributed by atoms with Crippen LogP contribution in [-0.4, -0.2) is 5.60 Å². The van der Waals surface area contributed by atoms with Gasteiger partial charge in [-0.25, -0.2) is 0 Å². The van der Waals surface area contributed by atoms with Crippen LogP contribution in [0.25, 0.3) is 0 Å². The van der Waals surface area contributed by atoms with Crippen molar-refractivity contribution in [3.8, 4) is 5.75 Å². The van der Waals surface area contributed by atoms with E-state index in [1.54, 1.807) is 0 Å². The second-order valence-electron chi connectivity index (χ2n) is 3.79. The summed E-state index contributed by atoms with van der Waals surface area (Å²) in [5.74, 6) is 0.720. The first kappa shape index (κ1) is 10.9. The van der Waals surface area contributed by atoms with Crippen molar-refractivity contribution in [3.05, 3.63) is 27.7 Å². The Kier molecular flexibility index (Phi) is 3.25. The van der Waals surface area contributed by atoms with E-state index < -0.39 is 0 Å². The SMILES string of the molecule is CC(C)(C)Oc1ccc(Br)cc1Cl. The lowest BCUT2D eigenvalue weighted by molar-refractivity contribution is 0.131. The Morgan fingerprint density at radius 2 is 1.92 bits per heavy atom. The Hall–Kier alpha value is -0.210. The molecule has 3 heteroatoms. The van der Waals surface area contributed by atoms with Crippen molar-refractivity contribution in [2.24, 2.45) is 0 Å². The fourth-order valence-corrected chi connectivity index (χ4v) is 1.60. The average Bonchev–Trinajstić information content (AvgIpc) is 1.93. The number of benzene rings is 1. The Morgan fingerprint density at radius 1 is 1.31 bits per heavy atom. The Morgan fingerprint density at radius 3 is 2.38 bits per heavy atom. The Bertz CT molecular complexity index is 304. The van der Waals surface area contributed by atoms with E-state index in [4.69, 9.17) is 16.3 Å². The molecule has 1 rings (SSSR count). The third kappa shape index (κ3) is 3.57. The van der Waals surface area contributed by atoms with Crippen molar-refractivity contribution in [1.82, 2.24) is 0 Å². The summed E-state index contributed by atoms with van der Waals surface area (Å²) in [5.41, 5.74) is -0.211. The van der Waals surface area contributed by atoms with Gasteiger partial charge in [-0.05, 0) is 39.0 Å². The van der Waals surface area contributed by atoms with Gasteiger partial charge in [-0.1, -0.05) is 27.5 Å². The normalized spacial score (nSPS) is 11.5. The Balaban J connectivity index is 2.90.